The Hall–Kier alpha value is -2.02. The molecule has 0 saturated carbocycles. The van der Waals surface area contributed by atoms with E-state index in [4.69, 9.17) is 0 Å². The molecule has 1 atom stereocenters. The summed E-state index contributed by atoms with van der Waals surface area (Å²) in [6, 6.07) is 3.08. The second-order valence-electron chi connectivity index (χ2n) is 6.16. The summed E-state index contributed by atoms with van der Waals surface area (Å²) in [6.07, 6.45) is 1.21. The average molecular weight is 328 g/mol. The summed E-state index contributed by atoms with van der Waals surface area (Å²) in [7, 11) is 0. The van der Waals surface area contributed by atoms with Gasteiger partial charge in [0.1, 0.15) is 17.3 Å². The number of anilines is 1. The lowest BCUT2D eigenvalue weighted by Crippen LogP contribution is -2.44. The number of rotatable bonds is 6. The van der Waals surface area contributed by atoms with Gasteiger partial charge in [-0.05, 0) is 37.8 Å². The fourth-order valence-electron chi connectivity index (χ4n) is 1.83. The third-order valence-corrected chi connectivity index (χ3v) is 3.30. The first-order valence-corrected chi connectivity index (χ1v) is 7.38. The Bertz CT molecular complexity index is 554. The third kappa shape index (κ3) is 6.32. The van der Waals surface area contributed by atoms with E-state index in [2.05, 4.69) is 5.32 Å². The van der Waals surface area contributed by atoms with Gasteiger partial charge < -0.3 is 15.7 Å². The van der Waals surface area contributed by atoms with Gasteiger partial charge in [-0.2, -0.15) is 0 Å². The molecule has 128 valence electrons. The molecule has 0 unspecified atom stereocenters. The number of amides is 2. The monoisotopic (exact) mass is 328 g/mol. The standard InChI is InChI=1S/C16H22F2N2O3/c1-10(2)7-8-16(3,23)9-19-14(21)15(22)20-13-11(17)5-4-6-12(13)18/h4-6,10,23H,7-9H2,1-3H3,(H,19,21)(H,20,22)/t16-/m0/s1. The summed E-state index contributed by atoms with van der Waals surface area (Å²) in [6.45, 7) is 5.42. The number of hydrogen-bond acceptors (Lipinski definition) is 3. The van der Waals surface area contributed by atoms with Crippen molar-refractivity contribution in [3.05, 3.63) is 29.8 Å². The minimum atomic E-state index is -1.20. The lowest BCUT2D eigenvalue weighted by Gasteiger charge is -2.24. The molecule has 0 heterocycles. The van der Waals surface area contributed by atoms with Crippen LogP contribution in [0, 0.1) is 17.6 Å². The van der Waals surface area contributed by atoms with Gasteiger partial charge >= 0.3 is 11.8 Å². The van der Waals surface area contributed by atoms with Crippen molar-refractivity contribution >= 4 is 17.5 Å². The largest absolute Gasteiger partial charge is 0.388 e. The van der Waals surface area contributed by atoms with E-state index in [1.807, 2.05) is 19.2 Å². The highest BCUT2D eigenvalue weighted by Crippen LogP contribution is 2.18. The molecule has 0 fully saturated rings. The van der Waals surface area contributed by atoms with Crippen LogP contribution in [-0.2, 0) is 9.59 Å². The molecule has 0 aliphatic carbocycles. The van der Waals surface area contributed by atoms with E-state index in [0.717, 1.165) is 24.6 Å². The molecule has 7 heteroatoms. The van der Waals surface area contributed by atoms with Gasteiger partial charge in [0.25, 0.3) is 0 Å². The molecule has 1 rings (SSSR count). The quantitative estimate of drug-likeness (QED) is 0.701. The van der Waals surface area contributed by atoms with Gasteiger partial charge in [-0.25, -0.2) is 8.78 Å². The van der Waals surface area contributed by atoms with Gasteiger partial charge in [0, 0.05) is 6.54 Å². The van der Waals surface area contributed by atoms with E-state index in [-0.39, 0.29) is 6.54 Å². The molecule has 0 aliphatic heterocycles. The zero-order valence-electron chi connectivity index (χ0n) is 13.5. The van der Waals surface area contributed by atoms with Gasteiger partial charge in [0.2, 0.25) is 0 Å². The summed E-state index contributed by atoms with van der Waals surface area (Å²) in [4.78, 5) is 23.3. The predicted octanol–water partition coefficient (Wildman–Crippen LogP) is 2.21. The normalized spacial score (nSPS) is 13.5. The van der Waals surface area contributed by atoms with Gasteiger partial charge in [-0.1, -0.05) is 19.9 Å². The Labute approximate surface area is 134 Å². The van der Waals surface area contributed by atoms with Crippen LogP contribution in [-0.4, -0.2) is 29.1 Å². The van der Waals surface area contributed by atoms with Crippen molar-refractivity contribution in [2.75, 3.05) is 11.9 Å². The second kappa shape index (κ2) is 8.01. The van der Waals surface area contributed by atoms with Gasteiger partial charge in [-0.3, -0.25) is 9.59 Å². The van der Waals surface area contributed by atoms with E-state index in [0.29, 0.717) is 12.3 Å². The highest BCUT2D eigenvalue weighted by atomic mass is 19.1. The Balaban J connectivity index is 2.56. The maximum Gasteiger partial charge on any atom is 0.313 e. The van der Waals surface area contributed by atoms with Crippen molar-refractivity contribution < 1.29 is 23.5 Å². The van der Waals surface area contributed by atoms with Crippen molar-refractivity contribution in [2.24, 2.45) is 5.92 Å². The molecule has 1 aromatic carbocycles. The van der Waals surface area contributed by atoms with Crippen LogP contribution in [0.2, 0.25) is 0 Å². The first kappa shape index (κ1) is 19.0. The SMILES string of the molecule is CC(C)CC[C@](C)(O)CNC(=O)C(=O)Nc1c(F)cccc1F. The Morgan fingerprint density at radius 2 is 1.78 bits per heavy atom. The number of halogens is 2. The van der Waals surface area contributed by atoms with E-state index < -0.39 is 34.7 Å². The number of carbonyl (C=O) groups excluding carboxylic acids is 2. The van der Waals surface area contributed by atoms with Crippen LogP contribution in [0.15, 0.2) is 18.2 Å². The zero-order chi connectivity index (χ0) is 17.6. The van der Waals surface area contributed by atoms with E-state index in [1.165, 1.54) is 0 Å². The predicted molar refractivity (Wildman–Crippen MR) is 82.7 cm³/mol. The van der Waals surface area contributed by atoms with Crippen LogP contribution in [0.1, 0.15) is 33.6 Å². The molecule has 0 aromatic heterocycles. The lowest BCUT2D eigenvalue weighted by atomic mass is 9.95. The first-order chi connectivity index (χ1) is 10.6. The van der Waals surface area contributed by atoms with Crippen LogP contribution in [0.25, 0.3) is 0 Å². The fourth-order valence-corrected chi connectivity index (χ4v) is 1.83. The molecular formula is C16H22F2N2O3. The molecule has 0 aliphatic rings. The Morgan fingerprint density at radius 3 is 2.30 bits per heavy atom. The fraction of sp³-hybridized carbons (Fsp3) is 0.500. The van der Waals surface area contributed by atoms with E-state index in [1.54, 1.807) is 6.92 Å². The van der Waals surface area contributed by atoms with Crippen LogP contribution in [0.3, 0.4) is 0 Å². The average Bonchev–Trinajstić information content (AvgIpc) is 2.46. The minimum absolute atomic E-state index is 0.133. The highest BCUT2D eigenvalue weighted by Gasteiger charge is 2.24. The summed E-state index contributed by atoms with van der Waals surface area (Å²) >= 11 is 0. The Kier molecular flexibility index (Phi) is 6.62. The van der Waals surface area contributed by atoms with Crippen LogP contribution < -0.4 is 10.6 Å². The summed E-state index contributed by atoms with van der Waals surface area (Å²) in [5, 5.41) is 14.2. The number of aliphatic hydroxyl groups is 1. The van der Waals surface area contributed by atoms with E-state index >= 15 is 0 Å². The molecule has 5 nitrogen and oxygen atoms in total. The molecule has 2 amide bonds. The topological polar surface area (TPSA) is 78.4 Å². The molecule has 0 bridgehead atoms. The van der Waals surface area contributed by atoms with Crippen LogP contribution in [0.5, 0.6) is 0 Å². The molecular weight excluding hydrogens is 306 g/mol. The highest BCUT2D eigenvalue weighted by molar-refractivity contribution is 6.39. The molecule has 0 spiro atoms. The summed E-state index contributed by atoms with van der Waals surface area (Å²) in [5.41, 5.74) is -1.84. The molecule has 0 radical (unpaired) electrons. The van der Waals surface area contributed by atoms with Crippen molar-refractivity contribution in [1.29, 1.82) is 0 Å². The van der Waals surface area contributed by atoms with Gasteiger partial charge in [-0.15, -0.1) is 0 Å². The summed E-state index contributed by atoms with van der Waals surface area (Å²) in [5.74, 6) is -3.83. The maximum absolute atomic E-state index is 13.4. The summed E-state index contributed by atoms with van der Waals surface area (Å²) < 4.78 is 26.8. The second-order valence-corrected chi connectivity index (χ2v) is 6.16. The Morgan fingerprint density at radius 1 is 1.22 bits per heavy atom. The van der Waals surface area contributed by atoms with E-state index in [9.17, 15) is 23.5 Å². The lowest BCUT2D eigenvalue weighted by molar-refractivity contribution is -0.136. The third-order valence-electron chi connectivity index (χ3n) is 3.30. The van der Waals surface area contributed by atoms with Crippen molar-refractivity contribution in [3.8, 4) is 0 Å². The first-order valence-electron chi connectivity index (χ1n) is 7.38. The maximum atomic E-state index is 13.4. The van der Waals surface area contributed by atoms with Gasteiger partial charge in [0.05, 0.1) is 5.60 Å². The van der Waals surface area contributed by atoms with Crippen molar-refractivity contribution in [1.82, 2.24) is 5.32 Å². The smallest absolute Gasteiger partial charge is 0.313 e. The molecule has 0 saturated heterocycles. The zero-order valence-corrected chi connectivity index (χ0v) is 13.5. The molecule has 1 aromatic rings. The van der Waals surface area contributed by atoms with Gasteiger partial charge in [0.15, 0.2) is 0 Å². The van der Waals surface area contributed by atoms with Crippen molar-refractivity contribution in [3.63, 3.8) is 0 Å². The number of nitrogens with one attached hydrogen (secondary N) is 2. The number of hydrogen-bond donors (Lipinski definition) is 3. The molecule has 3 N–H and O–H groups in total. The van der Waals surface area contributed by atoms with Crippen LogP contribution in [0.4, 0.5) is 14.5 Å². The number of para-hydroxylation sites is 1. The van der Waals surface area contributed by atoms with Crippen LogP contribution >= 0.6 is 0 Å². The molecule has 23 heavy (non-hydrogen) atoms. The number of benzene rings is 1. The number of carbonyl (C=O) groups is 2. The van der Waals surface area contributed by atoms with Crippen molar-refractivity contribution in [2.45, 2.75) is 39.2 Å². The minimum Gasteiger partial charge on any atom is -0.388 e.